The van der Waals surface area contributed by atoms with Crippen LogP contribution in [0.4, 0.5) is 17.5 Å². The largest absolute Gasteiger partial charge is 0.367 e. The maximum Gasteiger partial charge on any atom is 0.153 e. The summed E-state index contributed by atoms with van der Waals surface area (Å²) in [6.45, 7) is 4.48. The van der Waals surface area contributed by atoms with Crippen LogP contribution in [0.2, 0.25) is 0 Å². The third-order valence-corrected chi connectivity index (χ3v) is 4.64. The molecule has 0 radical (unpaired) electrons. The van der Waals surface area contributed by atoms with Gasteiger partial charge in [0.2, 0.25) is 0 Å². The second-order valence-corrected chi connectivity index (χ2v) is 6.60. The van der Waals surface area contributed by atoms with Gasteiger partial charge in [-0.1, -0.05) is 6.42 Å². The number of hydrogen-bond donors (Lipinski definition) is 4. The average molecular weight is 315 g/mol. The lowest BCUT2D eigenvalue weighted by molar-refractivity contribution is 0.237. The predicted octanol–water partition coefficient (Wildman–Crippen LogP) is 2.65. The minimum atomic E-state index is 0.687. The maximum absolute atomic E-state index is 4.29. The van der Waals surface area contributed by atoms with Gasteiger partial charge in [-0.15, -0.1) is 0 Å². The molecule has 1 aliphatic heterocycles. The van der Waals surface area contributed by atoms with Gasteiger partial charge in [0.1, 0.15) is 11.6 Å². The van der Waals surface area contributed by atoms with Gasteiger partial charge >= 0.3 is 0 Å². The lowest BCUT2D eigenvalue weighted by atomic mass is 10.1. The Balaban J connectivity index is 1.24. The van der Waals surface area contributed by atoms with Gasteiger partial charge in [0.15, 0.2) is 5.82 Å². The number of aromatic amines is 2. The fraction of sp³-hybridized carbons (Fsp3) is 0.625. The third kappa shape index (κ3) is 3.85. The van der Waals surface area contributed by atoms with Crippen molar-refractivity contribution in [3.8, 4) is 0 Å². The number of H-pyrrole nitrogens is 2. The highest BCUT2D eigenvalue weighted by molar-refractivity contribution is 5.56. The molecule has 3 heterocycles. The topological polar surface area (TPSA) is 84.7 Å². The number of rotatable bonds is 7. The molecule has 0 unspecified atom stereocenters. The van der Waals surface area contributed by atoms with E-state index in [-0.39, 0.29) is 0 Å². The summed E-state index contributed by atoms with van der Waals surface area (Å²) in [5.74, 6) is 3.27. The Labute approximate surface area is 136 Å². The Bertz CT molecular complexity index is 622. The van der Waals surface area contributed by atoms with E-state index < -0.39 is 0 Å². The Hall–Kier alpha value is -2.02. The molecule has 2 fully saturated rings. The zero-order valence-corrected chi connectivity index (χ0v) is 13.4. The molecule has 4 N–H and O–H groups in total. The summed E-state index contributed by atoms with van der Waals surface area (Å²) in [4.78, 5) is 2.52. The maximum atomic E-state index is 4.29. The van der Waals surface area contributed by atoms with Gasteiger partial charge in [-0.2, -0.15) is 10.2 Å². The average Bonchev–Trinajstić information content (AvgIpc) is 3.17. The van der Waals surface area contributed by atoms with E-state index in [1.54, 1.807) is 0 Å². The molecule has 7 nitrogen and oxygen atoms in total. The van der Waals surface area contributed by atoms with E-state index >= 15 is 0 Å². The highest BCUT2D eigenvalue weighted by Crippen LogP contribution is 2.39. The van der Waals surface area contributed by atoms with Crippen LogP contribution in [0, 0.1) is 0 Å². The normalized spacial score (nSPS) is 19.0. The molecule has 7 heteroatoms. The molecular formula is C16H25N7. The summed E-state index contributed by atoms with van der Waals surface area (Å²) in [6, 6.07) is 4.07. The number of aromatic nitrogens is 4. The smallest absolute Gasteiger partial charge is 0.153 e. The molecule has 1 aliphatic carbocycles. The molecule has 124 valence electrons. The first-order valence-corrected chi connectivity index (χ1v) is 8.71. The third-order valence-electron chi connectivity index (χ3n) is 4.64. The molecule has 1 saturated carbocycles. The van der Waals surface area contributed by atoms with Crippen molar-refractivity contribution >= 4 is 17.5 Å². The molecule has 0 spiro atoms. The number of likely N-dealkylation sites (tertiary alicyclic amines) is 1. The molecular weight excluding hydrogens is 290 g/mol. The van der Waals surface area contributed by atoms with Gasteiger partial charge < -0.3 is 15.5 Å². The predicted molar refractivity (Wildman–Crippen MR) is 91.2 cm³/mol. The molecule has 4 rings (SSSR count). The second-order valence-electron chi connectivity index (χ2n) is 6.60. The van der Waals surface area contributed by atoms with Gasteiger partial charge in [-0.25, -0.2) is 0 Å². The van der Waals surface area contributed by atoms with Gasteiger partial charge in [0.05, 0.1) is 0 Å². The summed E-state index contributed by atoms with van der Waals surface area (Å²) < 4.78 is 0. The monoisotopic (exact) mass is 315 g/mol. The standard InChI is InChI=1S/C16H25N7/c1-2-7-23(8-3-1)9-6-17-14-11-16(22-20-14)18-15-10-13(19-21-15)12-4-5-12/h10-12H,1-9H2,(H4,17,18,19,20,21,22). The van der Waals surface area contributed by atoms with E-state index in [1.807, 2.05) is 6.07 Å². The Morgan fingerprint density at radius 2 is 1.87 bits per heavy atom. The summed E-state index contributed by atoms with van der Waals surface area (Å²) >= 11 is 0. The van der Waals surface area contributed by atoms with Crippen LogP contribution >= 0.6 is 0 Å². The van der Waals surface area contributed by atoms with Crippen molar-refractivity contribution in [3.05, 3.63) is 17.8 Å². The van der Waals surface area contributed by atoms with E-state index in [0.717, 1.165) is 30.5 Å². The molecule has 0 atom stereocenters. The van der Waals surface area contributed by atoms with Gasteiger partial charge in [-0.05, 0) is 38.8 Å². The number of anilines is 3. The van der Waals surface area contributed by atoms with Crippen LogP contribution < -0.4 is 10.6 Å². The molecule has 0 aromatic carbocycles. The molecule has 2 aliphatic rings. The van der Waals surface area contributed by atoms with Crippen molar-refractivity contribution in [2.75, 3.05) is 36.8 Å². The summed E-state index contributed by atoms with van der Waals surface area (Å²) in [5.41, 5.74) is 1.23. The van der Waals surface area contributed by atoms with E-state index in [4.69, 9.17) is 0 Å². The lowest BCUT2D eigenvalue weighted by Gasteiger charge is -2.26. The molecule has 2 aromatic heterocycles. The van der Waals surface area contributed by atoms with E-state index in [2.05, 4.69) is 42.0 Å². The first-order valence-electron chi connectivity index (χ1n) is 8.71. The zero-order valence-electron chi connectivity index (χ0n) is 13.4. The Kier molecular flexibility index (Phi) is 4.19. The summed E-state index contributed by atoms with van der Waals surface area (Å²) in [6.07, 6.45) is 6.60. The molecule has 23 heavy (non-hydrogen) atoms. The highest BCUT2D eigenvalue weighted by Gasteiger charge is 2.25. The molecule has 0 amide bonds. The van der Waals surface area contributed by atoms with Crippen molar-refractivity contribution in [2.45, 2.75) is 38.0 Å². The van der Waals surface area contributed by atoms with Crippen LogP contribution in [0.1, 0.15) is 43.7 Å². The number of nitrogens with zero attached hydrogens (tertiary/aromatic N) is 3. The fourth-order valence-corrected chi connectivity index (χ4v) is 3.14. The van der Waals surface area contributed by atoms with Crippen LogP contribution in [0.5, 0.6) is 0 Å². The van der Waals surface area contributed by atoms with Crippen molar-refractivity contribution in [3.63, 3.8) is 0 Å². The first kappa shape index (κ1) is 14.6. The van der Waals surface area contributed by atoms with Gasteiger partial charge in [0, 0.05) is 36.8 Å². The number of piperidine rings is 1. The van der Waals surface area contributed by atoms with Crippen LogP contribution in [0.25, 0.3) is 0 Å². The van der Waals surface area contributed by atoms with Crippen LogP contribution in [0.3, 0.4) is 0 Å². The van der Waals surface area contributed by atoms with E-state index in [1.165, 1.54) is 50.9 Å². The summed E-state index contributed by atoms with van der Waals surface area (Å²) in [5, 5.41) is 21.3. The number of hydrogen-bond acceptors (Lipinski definition) is 5. The molecule has 2 aromatic rings. The van der Waals surface area contributed by atoms with Crippen molar-refractivity contribution in [2.24, 2.45) is 0 Å². The number of nitrogens with one attached hydrogen (secondary N) is 4. The Morgan fingerprint density at radius 3 is 2.70 bits per heavy atom. The lowest BCUT2D eigenvalue weighted by Crippen LogP contribution is -2.33. The minimum Gasteiger partial charge on any atom is -0.367 e. The fourth-order valence-electron chi connectivity index (χ4n) is 3.14. The van der Waals surface area contributed by atoms with Crippen LogP contribution in [-0.2, 0) is 0 Å². The first-order chi connectivity index (χ1) is 11.4. The van der Waals surface area contributed by atoms with Gasteiger partial charge in [0.25, 0.3) is 0 Å². The summed E-state index contributed by atoms with van der Waals surface area (Å²) in [7, 11) is 0. The minimum absolute atomic E-state index is 0.687. The van der Waals surface area contributed by atoms with Crippen LogP contribution in [0.15, 0.2) is 12.1 Å². The zero-order chi connectivity index (χ0) is 15.5. The quantitative estimate of drug-likeness (QED) is 0.631. The molecule has 0 bridgehead atoms. The van der Waals surface area contributed by atoms with Crippen molar-refractivity contribution in [1.29, 1.82) is 0 Å². The van der Waals surface area contributed by atoms with E-state index in [0.29, 0.717) is 5.92 Å². The second kappa shape index (κ2) is 6.62. The van der Waals surface area contributed by atoms with E-state index in [9.17, 15) is 0 Å². The van der Waals surface area contributed by atoms with Crippen molar-refractivity contribution < 1.29 is 0 Å². The van der Waals surface area contributed by atoms with Crippen LogP contribution in [-0.4, -0.2) is 51.5 Å². The highest BCUT2D eigenvalue weighted by atomic mass is 15.3. The Morgan fingerprint density at radius 1 is 1.04 bits per heavy atom. The van der Waals surface area contributed by atoms with Gasteiger partial charge in [-0.3, -0.25) is 10.2 Å². The SMILES string of the molecule is c1c(NCCN2CCCCC2)n[nH]c1Nc1cc(C2CC2)[nH]n1. The molecule has 1 saturated heterocycles. The van der Waals surface area contributed by atoms with Crippen molar-refractivity contribution in [1.82, 2.24) is 25.3 Å².